The summed E-state index contributed by atoms with van der Waals surface area (Å²) in [7, 11) is 3.75. The number of ketones is 2. The van der Waals surface area contributed by atoms with Crippen LogP contribution in [-0.2, 0) is 24.6 Å². The molecule has 0 spiro atoms. The van der Waals surface area contributed by atoms with Gasteiger partial charge in [-0.2, -0.15) is 0 Å². The van der Waals surface area contributed by atoms with Crippen LogP contribution < -0.4 is 5.43 Å². The number of aromatic hydroxyl groups is 1. The number of epoxide rings is 1. The van der Waals surface area contributed by atoms with Gasteiger partial charge in [-0.25, -0.2) is 0 Å². The highest BCUT2D eigenvalue weighted by atomic mass is 16.6. The molecule has 1 N–H and O–H groups in total. The molecule has 10 nitrogen and oxygen atoms in total. The number of carbonyl (C=O) groups is 3. The van der Waals surface area contributed by atoms with Crippen molar-refractivity contribution in [3.63, 3.8) is 0 Å². The summed E-state index contributed by atoms with van der Waals surface area (Å²) in [5, 5.41) is 11.9. The third-order valence-corrected chi connectivity index (χ3v) is 9.74. The fourth-order valence-corrected chi connectivity index (χ4v) is 6.95. The number of benzene rings is 2. The highest BCUT2D eigenvalue weighted by molar-refractivity contribution is 6.32. The second-order valence-electron chi connectivity index (χ2n) is 12.9. The average Bonchev–Trinajstić information content (AvgIpc) is 3.63. The zero-order chi connectivity index (χ0) is 32.7. The van der Waals surface area contributed by atoms with Gasteiger partial charge >= 0.3 is 5.97 Å². The van der Waals surface area contributed by atoms with Gasteiger partial charge in [-0.1, -0.05) is 18.2 Å². The van der Waals surface area contributed by atoms with Crippen LogP contribution in [0.5, 0.6) is 5.75 Å². The van der Waals surface area contributed by atoms with Crippen molar-refractivity contribution < 1.29 is 38.1 Å². The number of aryl methyl sites for hydroxylation is 1. The molecule has 3 aromatic rings. The largest absolute Gasteiger partial charge is 0.507 e. The van der Waals surface area contributed by atoms with E-state index in [1.807, 2.05) is 45.0 Å². The summed E-state index contributed by atoms with van der Waals surface area (Å²) in [6.45, 7) is 10.4. The molecule has 1 aliphatic carbocycles. The Labute approximate surface area is 260 Å². The number of nitrogens with zero attached hydrogens (tertiary/aromatic N) is 1. The molecule has 236 valence electrons. The molecule has 2 fully saturated rings. The highest BCUT2D eigenvalue weighted by Crippen LogP contribution is 2.49. The van der Waals surface area contributed by atoms with E-state index in [4.69, 9.17) is 18.6 Å². The van der Waals surface area contributed by atoms with Gasteiger partial charge in [0.15, 0.2) is 16.8 Å². The van der Waals surface area contributed by atoms with Gasteiger partial charge < -0.3 is 28.6 Å². The lowest BCUT2D eigenvalue weighted by Gasteiger charge is -2.50. The number of ether oxygens (including phenoxy) is 3. The molecule has 6 atom stereocenters. The summed E-state index contributed by atoms with van der Waals surface area (Å²) < 4.78 is 24.0. The van der Waals surface area contributed by atoms with Crippen LogP contribution in [-0.4, -0.2) is 65.5 Å². The van der Waals surface area contributed by atoms with Crippen LogP contribution in [0.2, 0.25) is 0 Å². The highest BCUT2D eigenvalue weighted by Gasteiger charge is 2.55. The Bertz CT molecular complexity index is 1890. The molecule has 0 bridgehead atoms. The van der Waals surface area contributed by atoms with Crippen LogP contribution in [0.1, 0.15) is 95.9 Å². The summed E-state index contributed by atoms with van der Waals surface area (Å²) in [5.74, 6) is -1.66. The Kier molecular flexibility index (Phi) is 7.19. The number of hydrogen-bond donors (Lipinski definition) is 1. The Morgan fingerprint density at radius 1 is 1.09 bits per heavy atom. The molecule has 0 saturated carbocycles. The monoisotopic (exact) mass is 615 g/mol. The molecule has 0 amide bonds. The van der Waals surface area contributed by atoms with E-state index < -0.39 is 47.0 Å². The fourth-order valence-electron chi connectivity index (χ4n) is 6.95. The van der Waals surface area contributed by atoms with Gasteiger partial charge in [0.2, 0.25) is 5.78 Å². The van der Waals surface area contributed by atoms with E-state index in [9.17, 15) is 24.3 Å². The molecular formula is C35H37NO9. The minimum Gasteiger partial charge on any atom is -0.507 e. The summed E-state index contributed by atoms with van der Waals surface area (Å²) in [6.07, 6.45) is 1.88. The van der Waals surface area contributed by atoms with E-state index >= 15 is 0 Å². The molecule has 6 rings (SSSR count). The third-order valence-electron chi connectivity index (χ3n) is 9.74. The SMILES string of the molecule is C/C=C/C1OC1(C)c1cc(=O)c2c(C)cc3c(c2o1)C(=O)c1c(ccc(C2CC(C)(N(C)C)C(OC(C)=O)C(C)O2)c1O)C3=O. The predicted octanol–water partition coefficient (Wildman–Crippen LogP) is 4.87. The molecule has 0 radical (unpaired) electrons. The smallest absolute Gasteiger partial charge is 0.303 e. The molecule has 45 heavy (non-hydrogen) atoms. The first kappa shape index (κ1) is 30.9. The Morgan fingerprint density at radius 3 is 2.44 bits per heavy atom. The van der Waals surface area contributed by atoms with E-state index in [2.05, 4.69) is 0 Å². The average molecular weight is 616 g/mol. The minimum absolute atomic E-state index is 0.01000. The van der Waals surface area contributed by atoms with Crippen LogP contribution in [0.4, 0.5) is 0 Å². The van der Waals surface area contributed by atoms with Gasteiger partial charge in [-0.05, 0) is 72.8 Å². The third kappa shape index (κ3) is 4.57. The molecule has 10 heteroatoms. The molecular weight excluding hydrogens is 578 g/mol. The quantitative estimate of drug-likeness (QED) is 0.188. The first-order chi connectivity index (χ1) is 21.1. The number of hydrogen-bond acceptors (Lipinski definition) is 10. The first-order valence-corrected chi connectivity index (χ1v) is 15.0. The first-order valence-electron chi connectivity index (χ1n) is 15.0. The topological polar surface area (TPSA) is 136 Å². The van der Waals surface area contributed by atoms with E-state index in [0.717, 1.165) is 0 Å². The van der Waals surface area contributed by atoms with Gasteiger partial charge in [-0.15, -0.1) is 0 Å². The zero-order valence-corrected chi connectivity index (χ0v) is 26.6. The minimum atomic E-state index is -0.899. The maximum absolute atomic E-state index is 14.3. The van der Waals surface area contributed by atoms with E-state index in [1.54, 1.807) is 26.8 Å². The van der Waals surface area contributed by atoms with Crippen LogP contribution in [0.3, 0.4) is 0 Å². The predicted molar refractivity (Wildman–Crippen MR) is 165 cm³/mol. The van der Waals surface area contributed by atoms with Crippen molar-refractivity contribution in [2.75, 3.05) is 14.1 Å². The van der Waals surface area contributed by atoms with Crippen LogP contribution in [0, 0.1) is 6.92 Å². The van der Waals surface area contributed by atoms with E-state index in [0.29, 0.717) is 17.5 Å². The van der Waals surface area contributed by atoms with Crippen molar-refractivity contribution in [1.29, 1.82) is 0 Å². The van der Waals surface area contributed by atoms with Crippen LogP contribution in [0.25, 0.3) is 11.0 Å². The molecule has 6 unspecified atom stereocenters. The number of likely N-dealkylation sites (N-methyl/N-ethyl adjacent to an activating group) is 1. The normalized spacial score (nSPS) is 29.3. The van der Waals surface area contributed by atoms with Crippen molar-refractivity contribution >= 4 is 28.5 Å². The number of rotatable bonds is 5. The van der Waals surface area contributed by atoms with Crippen LogP contribution in [0.15, 0.2) is 45.6 Å². The zero-order valence-electron chi connectivity index (χ0n) is 26.6. The maximum Gasteiger partial charge on any atom is 0.303 e. The summed E-state index contributed by atoms with van der Waals surface area (Å²) >= 11 is 0. The lowest BCUT2D eigenvalue weighted by molar-refractivity contribution is -0.201. The standard InChI is InChI=1S/C35H37NO9/c1-9-10-24-35(6,45-24)25-14-22(38)26-16(2)13-21-28(32(26)44-25)31(41)27-20(29(21)39)12-11-19(30(27)40)23-15-34(5,36(7)8)33(17(3)42-23)43-18(4)37/h9-14,17,23-24,33,40H,15H2,1-8H3/b10-9+. The Balaban J connectivity index is 1.48. The number of phenols is 1. The second kappa shape index (κ2) is 10.5. The van der Waals surface area contributed by atoms with Crippen molar-refractivity contribution in [3.8, 4) is 5.75 Å². The fraction of sp³-hybridized carbons (Fsp3) is 0.429. The molecule has 3 heterocycles. The number of phenolic OH excluding ortho intramolecular Hbond substituents is 1. The maximum atomic E-state index is 14.3. The molecule has 2 aliphatic heterocycles. The number of carbonyl (C=O) groups excluding carboxylic acids is 3. The van der Waals surface area contributed by atoms with Crippen molar-refractivity contribution in [2.24, 2.45) is 0 Å². The van der Waals surface area contributed by atoms with Gasteiger partial charge in [0.25, 0.3) is 0 Å². The summed E-state index contributed by atoms with van der Waals surface area (Å²) in [5.41, 5.74) is -1.22. The van der Waals surface area contributed by atoms with Gasteiger partial charge in [-0.3, -0.25) is 19.2 Å². The Morgan fingerprint density at radius 2 is 1.80 bits per heavy atom. The second-order valence-corrected chi connectivity index (χ2v) is 12.9. The summed E-state index contributed by atoms with van der Waals surface area (Å²) in [6, 6.07) is 6.03. The summed E-state index contributed by atoms with van der Waals surface area (Å²) in [4.78, 5) is 55.5. The molecule has 2 aromatic carbocycles. The van der Waals surface area contributed by atoms with Crippen molar-refractivity contribution in [1.82, 2.24) is 4.90 Å². The number of allylic oxidation sites excluding steroid dienone is 1. The number of fused-ring (bicyclic) bond motifs is 4. The number of esters is 1. The lowest BCUT2D eigenvalue weighted by atomic mass is 9.77. The molecule has 2 saturated heterocycles. The van der Waals surface area contributed by atoms with E-state index in [-0.39, 0.29) is 56.3 Å². The van der Waals surface area contributed by atoms with Crippen molar-refractivity contribution in [2.45, 2.75) is 83.5 Å². The van der Waals surface area contributed by atoms with E-state index in [1.165, 1.54) is 25.1 Å². The van der Waals surface area contributed by atoms with Gasteiger partial charge in [0.05, 0.1) is 34.3 Å². The molecule has 1 aromatic heterocycles. The van der Waals surface area contributed by atoms with Gasteiger partial charge in [0.1, 0.15) is 29.3 Å². The Hall–Kier alpha value is -4.12. The lowest BCUT2D eigenvalue weighted by Crippen LogP contribution is -2.61. The van der Waals surface area contributed by atoms with Crippen molar-refractivity contribution in [3.05, 3.63) is 85.8 Å². The van der Waals surface area contributed by atoms with Crippen LogP contribution >= 0.6 is 0 Å². The molecule has 3 aliphatic rings. The van der Waals surface area contributed by atoms with Gasteiger partial charge in [0, 0.05) is 29.7 Å².